The Labute approximate surface area is 109 Å². The molecule has 0 aliphatic carbocycles. The van der Waals surface area contributed by atoms with E-state index in [2.05, 4.69) is 10.4 Å². The third kappa shape index (κ3) is 3.30. The predicted octanol–water partition coefficient (Wildman–Crippen LogP) is 1.37. The van der Waals surface area contributed by atoms with E-state index in [0.29, 0.717) is 12.2 Å². The lowest BCUT2D eigenvalue weighted by molar-refractivity contribution is 0.161. The number of aromatic nitrogens is 2. The van der Waals surface area contributed by atoms with Crippen LogP contribution in [0.5, 0.6) is 0 Å². The molecule has 1 aromatic carbocycles. The zero-order valence-electron chi connectivity index (χ0n) is 10.1. The van der Waals surface area contributed by atoms with Crippen LogP contribution in [0.1, 0.15) is 5.56 Å². The second-order valence-electron chi connectivity index (χ2n) is 4.04. The number of aliphatic hydroxyl groups excluding tert-OH is 1. The summed E-state index contributed by atoms with van der Waals surface area (Å²) in [4.78, 5) is 0. The van der Waals surface area contributed by atoms with Crippen LogP contribution in [0.3, 0.4) is 0 Å². The van der Waals surface area contributed by atoms with E-state index in [9.17, 15) is 9.50 Å². The minimum absolute atomic E-state index is 0.0474. The molecule has 0 radical (unpaired) electrons. The van der Waals surface area contributed by atoms with Crippen LogP contribution in [-0.4, -0.2) is 27.5 Å². The van der Waals surface area contributed by atoms with Crippen LogP contribution < -0.4 is 5.32 Å². The van der Waals surface area contributed by atoms with Gasteiger partial charge in [0.2, 0.25) is 0 Å². The van der Waals surface area contributed by atoms with Gasteiger partial charge in [-0.05, 0) is 18.2 Å². The highest BCUT2D eigenvalue weighted by molar-refractivity contribution is 5.57. The summed E-state index contributed by atoms with van der Waals surface area (Å²) in [5.74, 6) is -0.575. The number of nitriles is 1. The van der Waals surface area contributed by atoms with Crippen molar-refractivity contribution in [3.8, 4) is 6.07 Å². The van der Waals surface area contributed by atoms with Gasteiger partial charge in [-0.1, -0.05) is 6.07 Å². The largest absolute Gasteiger partial charge is 0.389 e. The summed E-state index contributed by atoms with van der Waals surface area (Å²) >= 11 is 0. The van der Waals surface area contributed by atoms with E-state index < -0.39 is 11.9 Å². The third-order valence-electron chi connectivity index (χ3n) is 2.61. The SMILES string of the molecule is N#Cc1c(F)cccc1NCC(O)Cn1cccn1. The standard InChI is InChI=1S/C13H13FN4O/c14-12-3-1-4-13(11(12)7-15)16-8-10(19)9-18-6-2-5-17-18/h1-6,10,16,19H,8-9H2. The molecule has 1 aromatic heterocycles. The second-order valence-corrected chi connectivity index (χ2v) is 4.04. The second kappa shape index (κ2) is 5.98. The molecule has 0 bridgehead atoms. The molecule has 5 nitrogen and oxygen atoms in total. The number of benzene rings is 1. The predicted molar refractivity (Wildman–Crippen MR) is 67.8 cm³/mol. The average Bonchev–Trinajstić information content (AvgIpc) is 2.89. The van der Waals surface area contributed by atoms with Crippen molar-refractivity contribution in [1.82, 2.24) is 9.78 Å². The van der Waals surface area contributed by atoms with Gasteiger partial charge in [0.05, 0.1) is 18.3 Å². The molecule has 0 spiro atoms. The fraction of sp³-hybridized carbons (Fsp3) is 0.231. The van der Waals surface area contributed by atoms with Crippen LogP contribution in [0.4, 0.5) is 10.1 Å². The van der Waals surface area contributed by atoms with Crippen molar-refractivity contribution in [3.05, 3.63) is 48.0 Å². The van der Waals surface area contributed by atoms with Crippen molar-refractivity contribution >= 4 is 5.69 Å². The van der Waals surface area contributed by atoms with Gasteiger partial charge in [-0.2, -0.15) is 10.4 Å². The van der Waals surface area contributed by atoms with Gasteiger partial charge in [0.1, 0.15) is 17.4 Å². The molecule has 0 amide bonds. The van der Waals surface area contributed by atoms with Crippen LogP contribution >= 0.6 is 0 Å². The molecule has 98 valence electrons. The summed E-state index contributed by atoms with van der Waals surface area (Å²) < 4.78 is 14.9. The minimum atomic E-state index is -0.685. The van der Waals surface area contributed by atoms with Crippen LogP contribution in [0.15, 0.2) is 36.7 Å². The Hall–Kier alpha value is -2.39. The molecule has 0 fully saturated rings. The fourth-order valence-corrected chi connectivity index (χ4v) is 1.70. The zero-order chi connectivity index (χ0) is 13.7. The molecule has 1 atom stereocenters. The summed E-state index contributed by atoms with van der Waals surface area (Å²) in [6.45, 7) is 0.537. The van der Waals surface area contributed by atoms with E-state index in [0.717, 1.165) is 0 Å². The molecule has 0 aliphatic rings. The van der Waals surface area contributed by atoms with Crippen LogP contribution in [0.25, 0.3) is 0 Å². The van der Waals surface area contributed by atoms with Crippen molar-refractivity contribution in [2.24, 2.45) is 0 Å². The highest BCUT2D eigenvalue weighted by atomic mass is 19.1. The van der Waals surface area contributed by atoms with Gasteiger partial charge in [0.25, 0.3) is 0 Å². The van der Waals surface area contributed by atoms with E-state index in [4.69, 9.17) is 5.26 Å². The topological polar surface area (TPSA) is 73.9 Å². The van der Waals surface area contributed by atoms with Gasteiger partial charge in [0, 0.05) is 18.9 Å². The van der Waals surface area contributed by atoms with Gasteiger partial charge < -0.3 is 10.4 Å². The molecule has 6 heteroatoms. The molecule has 0 saturated heterocycles. The normalized spacial score (nSPS) is 11.8. The molecule has 0 aliphatic heterocycles. The van der Waals surface area contributed by atoms with Crippen molar-refractivity contribution in [3.63, 3.8) is 0 Å². The third-order valence-corrected chi connectivity index (χ3v) is 2.61. The lowest BCUT2D eigenvalue weighted by Gasteiger charge is -2.13. The Morgan fingerprint density at radius 1 is 1.47 bits per heavy atom. The number of hydrogen-bond donors (Lipinski definition) is 2. The summed E-state index contributed by atoms with van der Waals surface area (Å²) in [6.07, 6.45) is 2.68. The van der Waals surface area contributed by atoms with Gasteiger partial charge in [-0.3, -0.25) is 4.68 Å². The first-order valence-corrected chi connectivity index (χ1v) is 5.78. The minimum Gasteiger partial charge on any atom is -0.389 e. The Morgan fingerprint density at radius 2 is 2.32 bits per heavy atom. The van der Waals surface area contributed by atoms with E-state index in [1.54, 1.807) is 35.3 Å². The van der Waals surface area contributed by atoms with E-state index in [1.807, 2.05) is 0 Å². The molecular weight excluding hydrogens is 247 g/mol. The Balaban J connectivity index is 1.95. The smallest absolute Gasteiger partial charge is 0.143 e. The Morgan fingerprint density at radius 3 is 3.00 bits per heavy atom. The lowest BCUT2D eigenvalue weighted by atomic mass is 10.2. The molecule has 2 N–H and O–H groups in total. The first-order valence-electron chi connectivity index (χ1n) is 5.78. The monoisotopic (exact) mass is 260 g/mol. The van der Waals surface area contributed by atoms with Gasteiger partial charge in [0.15, 0.2) is 0 Å². The first kappa shape index (κ1) is 13.1. The number of halogens is 1. The number of rotatable bonds is 5. The van der Waals surface area contributed by atoms with Crippen molar-refractivity contribution in [2.45, 2.75) is 12.6 Å². The maximum atomic E-state index is 13.3. The summed E-state index contributed by atoms with van der Waals surface area (Å²) in [5, 5.41) is 25.5. The molecule has 0 saturated carbocycles. The van der Waals surface area contributed by atoms with E-state index >= 15 is 0 Å². The Bertz CT molecular complexity index is 577. The van der Waals surface area contributed by atoms with Crippen molar-refractivity contribution in [2.75, 3.05) is 11.9 Å². The summed E-state index contributed by atoms with van der Waals surface area (Å²) in [6, 6.07) is 7.90. The van der Waals surface area contributed by atoms with Gasteiger partial charge in [-0.25, -0.2) is 4.39 Å². The summed E-state index contributed by atoms with van der Waals surface area (Å²) in [7, 11) is 0. The number of aliphatic hydroxyl groups is 1. The maximum absolute atomic E-state index is 13.3. The van der Waals surface area contributed by atoms with Crippen LogP contribution in [-0.2, 0) is 6.54 Å². The van der Waals surface area contributed by atoms with Crippen molar-refractivity contribution in [1.29, 1.82) is 5.26 Å². The number of hydrogen-bond acceptors (Lipinski definition) is 4. The molecule has 19 heavy (non-hydrogen) atoms. The van der Waals surface area contributed by atoms with E-state index in [-0.39, 0.29) is 12.1 Å². The van der Waals surface area contributed by atoms with Crippen LogP contribution in [0, 0.1) is 17.1 Å². The molecule has 2 rings (SSSR count). The number of nitrogens with zero attached hydrogens (tertiary/aromatic N) is 3. The quantitative estimate of drug-likeness (QED) is 0.851. The van der Waals surface area contributed by atoms with E-state index in [1.165, 1.54) is 12.1 Å². The van der Waals surface area contributed by atoms with Gasteiger partial charge in [-0.15, -0.1) is 0 Å². The molecule has 1 unspecified atom stereocenters. The molecule has 1 heterocycles. The van der Waals surface area contributed by atoms with Gasteiger partial charge >= 0.3 is 0 Å². The number of nitrogens with one attached hydrogen (secondary N) is 1. The Kier molecular flexibility index (Phi) is 4.11. The lowest BCUT2D eigenvalue weighted by Crippen LogP contribution is -2.25. The fourth-order valence-electron chi connectivity index (χ4n) is 1.70. The summed E-state index contributed by atoms with van der Waals surface area (Å²) in [5.41, 5.74) is 0.329. The molecule has 2 aromatic rings. The number of anilines is 1. The highest BCUT2D eigenvalue weighted by Gasteiger charge is 2.10. The maximum Gasteiger partial charge on any atom is 0.143 e. The molecular formula is C13H13FN4O. The van der Waals surface area contributed by atoms with Crippen molar-refractivity contribution < 1.29 is 9.50 Å². The highest BCUT2D eigenvalue weighted by Crippen LogP contribution is 2.17. The van der Waals surface area contributed by atoms with Crippen LogP contribution in [0.2, 0.25) is 0 Å². The zero-order valence-corrected chi connectivity index (χ0v) is 10.1. The first-order chi connectivity index (χ1) is 9.20. The average molecular weight is 260 g/mol.